The third-order valence-electron chi connectivity index (χ3n) is 7.02. The smallest absolute Gasteiger partial charge is 0.304 e. The minimum Gasteiger partial charge on any atom is -0.351 e. The van der Waals surface area contributed by atoms with Crippen LogP contribution in [0.5, 0.6) is 0 Å². The fourth-order valence-corrected chi connectivity index (χ4v) is 5.70. The molecule has 3 N–H and O–H groups in total. The number of rotatable bonds is 5. The van der Waals surface area contributed by atoms with Crippen molar-refractivity contribution in [2.75, 3.05) is 24.5 Å². The molecule has 2 aliphatic rings. The first-order chi connectivity index (χ1) is 15.9. The molecule has 2 saturated heterocycles. The summed E-state index contributed by atoms with van der Waals surface area (Å²) in [6, 6.07) is 5.59. The maximum atomic E-state index is 14.5. The molecule has 1 amide bonds. The van der Waals surface area contributed by atoms with Crippen molar-refractivity contribution in [3.05, 3.63) is 47.5 Å². The van der Waals surface area contributed by atoms with E-state index in [0.717, 1.165) is 28.9 Å². The summed E-state index contributed by atoms with van der Waals surface area (Å²) in [6.45, 7) is 7.02. The third-order valence-corrected chi connectivity index (χ3v) is 8.47. The Hall–Kier alpha value is -2.63. The number of pyridine rings is 1. The predicted molar refractivity (Wildman–Crippen MR) is 125 cm³/mol. The second-order valence-corrected chi connectivity index (χ2v) is 11.2. The van der Waals surface area contributed by atoms with E-state index < -0.39 is 33.3 Å². The van der Waals surface area contributed by atoms with Gasteiger partial charge in [0.15, 0.2) is 0 Å². The molecule has 2 aromatic rings. The van der Waals surface area contributed by atoms with Crippen molar-refractivity contribution in [3.8, 4) is 11.3 Å². The molecule has 1 aromatic carbocycles. The summed E-state index contributed by atoms with van der Waals surface area (Å²) in [5.41, 5.74) is 5.55. The number of amides is 1. The second-order valence-electron chi connectivity index (χ2n) is 9.53. The highest BCUT2D eigenvalue weighted by atomic mass is 32.2. The summed E-state index contributed by atoms with van der Waals surface area (Å²) in [5, 5.41) is 0. The summed E-state index contributed by atoms with van der Waals surface area (Å²) >= 11 is 0. The van der Waals surface area contributed by atoms with Crippen LogP contribution >= 0.6 is 0 Å². The zero-order chi connectivity index (χ0) is 24.8. The van der Waals surface area contributed by atoms with Crippen LogP contribution in [0.4, 0.5) is 14.6 Å². The van der Waals surface area contributed by atoms with E-state index in [1.54, 1.807) is 0 Å². The number of carbonyl (C=O) groups is 1. The molecule has 0 radical (unpaired) electrons. The van der Waals surface area contributed by atoms with Gasteiger partial charge in [0.2, 0.25) is 0 Å². The van der Waals surface area contributed by atoms with Crippen LogP contribution in [0.15, 0.2) is 30.3 Å². The summed E-state index contributed by atoms with van der Waals surface area (Å²) in [6.07, 6.45) is 1.34. The normalized spacial score (nSPS) is 22.8. The molecule has 184 valence electrons. The Morgan fingerprint density at radius 2 is 1.91 bits per heavy atom. The number of nitrogens with one attached hydrogen (secondary N) is 1. The van der Waals surface area contributed by atoms with Crippen LogP contribution in [0.3, 0.4) is 0 Å². The van der Waals surface area contributed by atoms with E-state index in [1.807, 2.05) is 18.7 Å². The maximum absolute atomic E-state index is 14.5. The average molecular weight is 494 g/mol. The molecule has 8 nitrogen and oxygen atoms in total. The molecule has 2 atom stereocenters. The quantitative estimate of drug-likeness (QED) is 0.663. The Morgan fingerprint density at radius 1 is 1.18 bits per heavy atom. The first-order valence-corrected chi connectivity index (χ1v) is 12.7. The minimum absolute atomic E-state index is 0.0369. The molecule has 4 rings (SSSR count). The Bertz CT molecular complexity index is 1220. The number of carbonyl (C=O) groups excluding carboxylic acids is 1. The van der Waals surface area contributed by atoms with Crippen molar-refractivity contribution in [1.29, 1.82) is 0 Å². The van der Waals surface area contributed by atoms with Gasteiger partial charge in [0, 0.05) is 36.8 Å². The lowest BCUT2D eigenvalue weighted by molar-refractivity contribution is 0.0979. The molecule has 0 bridgehead atoms. The maximum Gasteiger partial charge on any atom is 0.304 e. The van der Waals surface area contributed by atoms with Crippen molar-refractivity contribution in [2.45, 2.75) is 45.2 Å². The number of halogens is 2. The number of nitrogens with two attached hydrogens (primary N) is 1. The van der Waals surface area contributed by atoms with Crippen LogP contribution in [0.2, 0.25) is 0 Å². The van der Waals surface area contributed by atoms with E-state index in [9.17, 15) is 22.0 Å². The van der Waals surface area contributed by atoms with Crippen LogP contribution in [-0.4, -0.2) is 54.8 Å². The topological polar surface area (TPSA) is 109 Å². The van der Waals surface area contributed by atoms with E-state index in [0.29, 0.717) is 13.0 Å². The Morgan fingerprint density at radius 3 is 2.53 bits per heavy atom. The van der Waals surface area contributed by atoms with E-state index in [4.69, 9.17) is 5.73 Å². The lowest BCUT2D eigenvalue weighted by atomic mass is 9.90. The summed E-state index contributed by atoms with van der Waals surface area (Å²) in [4.78, 5) is 19.7. The van der Waals surface area contributed by atoms with Crippen molar-refractivity contribution in [3.63, 3.8) is 0 Å². The molecule has 1 unspecified atom stereocenters. The van der Waals surface area contributed by atoms with Gasteiger partial charge in [-0.2, -0.15) is 12.7 Å². The lowest BCUT2D eigenvalue weighted by Crippen LogP contribution is -2.45. The summed E-state index contributed by atoms with van der Waals surface area (Å²) < 4.78 is 57.1. The third kappa shape index (κ3) is 4.51. The zero-order valence-electron chi connectivity index (χ0n) is 19.4. The van der Waals surface area contributed by atoms with E-state index in [2.05, 4.69) is 16.6 Å². The van der Waals surface area contributed by atoms with Crippen molar-refractivity contribution in [1.82, 2.24) is 14.0 Å². The average Bonchev–Trinajstić information content (AvgIpc) is 3.32. The number of aromatic nitrogens is 1. The van der Waals surface area contributed by atoms with E-state index in [1.165, 1.54) is 12.1 Å². The number of hydrogen-bond donors (Lipinski definition) is 2. The van der Waals surface area contributed by atoms with Crippen molar-refractivity contribution in [2.24, 2.45) is 11.7 Å². The minimum atomic E-state index is -4.10. The number of nitrogens with zero attached hydrogens (tertiary/aromatic N) is 3. The van der Waals surface area contributed by atoms with E-state index >= 15 is 0 Å². The first kappa shape index (κ1) is 24.5. The molecule has 0 saturated carbocycles. The van der Waals surface area contributed by atoms with E-state index in [-0.39, 0.29) is 47.7 Å². The Balaban J connectivity index is 1.76. The SMILES string of the molecule is CC1CCN(c2nc(-c3cc(F)ccc3F)ccc2C(=O)NS(=O)(=O)N2CC[C@H](N)C2)C1(C)C. The van der Waals surface area contributed by atoms with Crippen LogP contribution < -0.4 is 15.4 Å². The van der Waals surface area contributed by atoms with Gasteiger partial charge in [-0.3, -0.25) is 4.79 Å². The molecule has 0 aliphatic carbocycles. The van der Waals surface area contributed by atoms with Gasteiger partial charge in [0.1, 0.15) is 17.5 Å². The monoisotopic (exact) mass is 493 g/mol. The zero-order valence-corrected chi connectivity index (χ0v) is 20.2. The van der Waals surface area contributed by atoms with Gasteiger partial charge in [-0.25, -0.2) is 18.5 Å². The van der Waals surface area contributed by atoms with Crippen molar-refractivity contribution >= 4 is 21.9 Å². The van der Waals surface area contributed by atoms with Crippen LogP contribution in [0, 0.1) is 17.6 Å². The van der Waals surface area contributed by atoms with Crippen LogP contribution in [0.25, 0.3) is 11.3 Å². The Kier molecular flexibility index (Phi) is 6.38. The molecule has 34 heavy (non-hydrogen) atoms. The number of benzene rings is 1. The molecular weight excluding hydrogens is 464 g/mol. The van der Waals surface area contributed by atoms with Gasteiger partial charge >= 0.3 is 10.2 Å². The molecule has 3 heterocycles. The fraction of sp³-hybridized carbons (Fsp3) is 0.478. The Labute approximate surface area is 198 Å². The highest BCUT2D eigenvalue weighted by Gasteiger charge is 2.41. The summed E-state index contributed by atoms with van der Waals surface area (Å²) in [7, 11) is -4.10. The molecule has 0 spiro atoms. The predicted octanol–water partition coefficient (Wildman–Crippen LogP) is 2.66. The highest BCUT2D eigenvalue weighted by molar-refractivity contribution is 7.87. The van der Waals surface area contributed by atoms with Crippen LogP contribution in [0.1, 0.15) is 44.0 Å². The van der Waals surface area contributed by atoms with Crippen molar-refractivity contribution < 1.29 is 22.0 Å². The molecular formula is C23H29F2N5O3S. The second kappa shape index (κ2) is 8.86. The molecule has 11 heteroatoms. The van der Waals surface area contributed by atoms with Gasteiger partial charge in [-0.1, -0.05) is 6.92 Å². The van der Waals surface area contributed by atoms with Gasteiger partial charge in [-0.05, 0) is 62.9 Å². The molecule has 2 fully saturated rings. The highest BCUT2D eigenvalue weighted by Crippen LogP contribution is 2.39. The number of anilines is 1. The van der Waals surface area contributed by atoms with Gasteiger partial charge in [0.25, 0.3) is 5.91 Å². The van der Waals surface area contributed by atoms with Crippen LogP contribution in [-0.2, 0) is 10.2 Å². The van der Waals surface area contributed by atoms with Gasteiger partial charge < -0.3 is 10.6 Å². The molecule has 2 aliphatic heterocycles. The summed E-state index contributed by atoms with van der Waals surface area (Å²) in [5.74, 6) is -1.63. The lowest BCUT2D eigenvalue weighted by Gasteiger charge is -2.36. The largest absolute Gasteiger partial charge is 0.351 e. The molecule has 1 aromatic heterocycles. The standard InChI is InChI=1S/C23H29F2N5O3S/c1-14-8-11-30(23(14,2)3)21-17(22(31)28-34(32,33)29-10-9-16(26)13-29)5-7-20(27-21)18-12-15(24)4-6-19(18)25/h4-7,12,14,16H,8-11,13,26H2,1-3H3,(H,28,31)/t14?,16-/m0/s1. The van der Waals surface area contributed by atoms with Gasteiger partial charge in [0.05, 0.1) is 11.3 Å². The fourth-order valence-electron chi connectivity index (χ4n) is 4.49. The van der Waals surface area contributed by atoms with Gasteiger partial charge in [-0.15, -0.1) is 0 Å². The first-order valence-electron chi connectivity index (χ1n) is 11.2. The number of hydrogen-bond acceptors (Lipinski definition) is 6.